The summed E-state index contributed by atoms with van der Waals surface area (Å²) < 4.78 is 26.7. The Morgan fingerprint density at radius 1 is 0.963 bits per heavy atom. The van der Waals surface area contributed by atoms with Crippen molar-refractivity contribution in [2.75, 3.05) is 26.2 Å². The highest BCUT2D eigenvalue weighted by Crippen LogP contribution is 2.21. The van der Waals surface area contributed by atoms with Crippen molar-refractivity contribution < 1.29 is 18.1 Å². The van der Waals surface area contributed by atoms with Gasteiger partial charge >= 0.3 is 0 Å². The first kappa shape index (κ1) is 19.3. The number of sulfonamides is 1. The zero-order valence-electron chi connectivity index (χ0n) is 14.1. The van der Waals surface area contributed by atoms with Gasteiger partial charge in [-0.25, -0.2) is 8.42 Å². The van der Waals surface area contributed by atoms with Gasteiger partial charge in [-0.15, -0.1) is 0 Å². The molecule has 2 aromatic rings. The second kappa shape index (κ2) is 7.63. The summed E-state index contributed by atoms with van der Waals surface area (Å²) in [5, 5.41) is 11.2. The predicted molar refractivity (Wildman–Crippen MR) is 99.2 cm³/mol. The number of carbonyl (C=O) groups excluding carboxylic acids is 1. The number of benzene rings is 2. The molecule has 2 aromatic carbocycles. The Bertz CT molecular complexity index is 953. The number of piperazine rings is 1. The lowest BCUT2D eigenvalue weighted by atomic mass is 10.2. The maximum atomic E-state index is 12.7. The van der Waals surface area contributed by atoms with E-state index in [0.717, 1.165) is 12.1 Å². The van der Waals surface area contributed by atoms with Gasteiger partial charge in [0, 0.05) is 48.9 Å². The van der Waals surface area contributed by atoms with Gasteiger partial charge in [-0.2, -0.15) is 4.31 Å². The minimum atomic E-state index is -3.77. The van der Waals surface area contributed by atoms with E-state index in [1.54, 1.807) is 29.2 Å². The average Bonchev–Trinajstić information content (AvgIpc) is 2.68. The van der Waals surface area contributed by atoms with Crippen LogP contribution in [-0.4, -0.2) is 54.6 Å². The summed E-state index contributed by atoms with van der Waals surface area (Å²) in [4.78, 5) is 24.2. The fraction of sp³-hybridized carbons (Fsp3) is 0.235. The van der Waals surface area contributed by atoms with E-state index < -0.39 is 14.9 Å². The largest absolute Gasteiger partial charge is 0.336 e. The lowest BCUT2D eigenvalue weighted by molar-refractivity contribution is -0.384. The minimum absolute atomic E-state index is 0.00872. The minimum Gasteiger partial charge on any atom is -0.336 e. The monoisotopic (exact) mass is 409 g/mol. The fourth-order valence-corrected chi connectivity index (χ4v) is 4.34. The topological polar surface area (TPSA) is 101 Å². The fourth-order valence-electron chi connectivity index (χ4n) is 2.80. The molecule has 142 valence electrons. The number of carbonyl (C=O) groups is 1. The normalized spacial score (nSPS) is 15.5. The number of nitro groups is 1. The third-order valence-electron chi connectivity index (χ3n) is 4.30. The van der Waals surface area contributed by atoms with Crippen LogP contribution in [0.5, 0.6) is 0 Å². The van der Waals surface area contributed by atoms with Crippen LogP contribution in [0.25, 0.3) is 0 Å². The van der Waals surface area contributed by atoms with E-state index in [4.69, 9.17) is 11.6 Å². The van der Waals surface area contributed by atoms with Gasteiger partial charge in [0.1, 0.15) is 0 Å². The number of hydrogen-bond acceptors (Lipinski definition) is 5. The van der Waals surface area contributed by atoms with Crippen LogP contribution in [0, 0.1) is 10.1 Å². The number of nitro benzene ring substituents is 1. The molecule has 1 aliphatic rings. The molecule has 1 aliphatic heterocycles. The van der Waals surface area contributed by atoms with E-state index in [0.29, 0.717) is 10.6 Å². The molecular formula is C17H16ClN3O5S. The molecule has 1 amide bonds. The van der Waals surface area contributed by atoms with E-state index in [2.05, 4.69) is 0 Å². The summed E-state index contributed by atoms with van der Waals surface area (Å²) in [6.45, 7) is 0.818. The molecule has 0 N–H and O–H groups in total. The zero-order valence-corrected chi connectivity index (χ0v) is 15.7. The van der Waals surface area contributed by atoms with Gasteiger partial charge in [-0.3, -0.25) is 14.9 Å². The molecular weight excluding hydrogens is 394 g/mol. The zero-order chi connectivity index (χ0) is 19.6. The first-order chi connectivity index (χ1) is 12.8. The molecule has 8 nitrogen and oxygen atoms in total. The van der Waals surface area contributed by atoms with Gasteiger partial charge in [0.2, 0.25) is 10.0 Å². The molecule has 1 heterocycles. The van der Waals surface area contributed by atoms with Gasteiger partial charge in [0.15, 0.2) is 0 Å². The number of non-ortho nitro benzene ring substituents is 1. The molecule has 0 aliphatic carbocycles. The Hall–Kier alpha value is -2.49. The number of hydrogen-bond donors (Lipinski definition) is 0. The standard InChI is InChI=1S/C17H16ClN3O5S/c18-14-3-1-13(2-4-14)17(22)19-9-11-20(12-10-19)27(25,26)16-7-5-15(6-8-16)21(23)24/h1-8H,9-12H2. The van der Waals surface area contributed by atoms with Gasteiger partial charge < -0.3 is 4.90 Å². The summed E-state index contributed by atoms with van der Waals surface area (Å²) in [6, 6.07) is 11.3. The molecule has 1 saturated heterocycles. The third-order valence-corrected chi connectivity index (χ3v) is 6.47. The molecule has 0 saturated carbocycles. The highest BCUT2D eigenvalue weighted by atomic mass is 35.5. The Morgan fingerprint density at radius 2 is 1.52 bits per heavy atom. The summed E-state index contributed by atoms with van der Waals surface area (Å²) in [7, 11) is -3.77. The van der Waals surface area contributed by atoms with Crippen molar-refractivity contribution in [2.45, 2.75) is 4.90 Å². The van der Waals surface area contributed by atoms with E-state index in [9.17, 15) is 23.3 Å². The molecule has 0 atom stereocenters. The van der Waals surface area contributed by atoms with E-state index in [1.165, 1.54) is 16.4 Å². The van der Waals surface area contributed by atoms with Gasteiger partial charge in [-0.05, 0) is 36.4 Å². The quantitative estimate of drug-likeness (QED) is 0.570. The van der Waals surface area contributed by atoms with Crippen molar-refractivity contribution in [3.63, 3.8) is 0 Å². The second-order valence-corrected chi connectivity index (χ2v) is 8.33. The molecule has 0 radical (unpaired) electrons. The van der Waals surface area contributed by atoms with Crippen LogP contribution in [0.2, 0.25) is 5.02 Å². The summed E-state index contributed by atoms with van der Waals surface area (Å²) in [6.07, 6.45) is 0. The molecule has 10 heteroatoms. The lowest BCUT2D eigenvalue weighted by Gasteiger charge is -2.34. The van der Waals surface area contributed by atoms with Crippen LogP contribution >= 0.6 is 11.6 Å². The molecule has 0 bridgehead atoms. The average molecular weight is 410 g/mol. The third kappa shape index (κ3) is 4.10. The summed E-state index contributed by atoms with van der Waals surface area (Å²) in [5.74, 6) is -0.181. The van der Waals surface area contributed by atoms with Crippen LogP contribution < -0.4 is 0 Å². The highest BCUT2D eigenvalue weighted by Gasteiger charge is 2.30. The van der Waals surface area contributed by atoms with Crippen molar-refractivity contribution >= 4 is 33.2 Å². The number of halogens is 1. The summed E-state index contributed by atoms with van der Waals surface area (Å²) in [5.41, 5.74) is 0.318. The van der Waals surface area contributed by atoms with Crippen molar-refractivity contribution in [3.05, 3.63) is 69.2 Å². The van der Waals surface area contributed by atoms with Crippen molar-refractivity contribution in [3.8, 4) is 0 Å². The van der Waals surface area contributed by atoms with Gasteiger partial charge in [0.05, 0.1) is 9.82 Å². The van der Waals surface area contributed by atoms with Crippen LogP contribution in [-0.2, 0) is 10.0 Å². The SMILES string of the molecule is O=C(c1ccc(Cl)cc1)N1CCN(S(=O)(=O)c2ccc([N+](=O)[O-])cc2)CC1. The molecule has 27 heavy (non-hydrogen) atoms. The summed E-state index contributed by atoms with van der Waals surface area (Å²) >= 11 is 5.82. The van der Waals surface area contributed by atoms with Crippen molar-refractivity contribution in [1.82, 2.24) is 9.21 Å². The van der Waals surface area contributed by atoms with Crippen LogP contribution in [0.4, 0.5) is 5.69 Å². The Morgan fingerprint density at radius 3 is 2.04 bits per heavy atom. The number of nitrogens with zero attached hydrogens (tertiary/aromatic N) is 3. The van der Waals surface area contributed by atoms with E-state index in [1.807, 2.05) is 0 Å². The Labute approximate surface area is 161 Å². The number of amides is 1. The Kier molecular flexibility index (Phi) is 5.45. The molecule has 3 rings (SSSR count). The van der Waals surface area contributed by atoms with Gasteiger partial charge in [-0.1, -0.05) is 11.6 Å². The molecule has 0 spiro atoms. The van der Waals surface area contributed by atoms with E-state index >= 15 is 0 Å². The Balaban J connectivity index is 1.68. The predicted octanol–water partition coefficient (Wildman–Crippen LogP) is 2.39. The smallest absolute Gasteiger partial charge is 0.269 e. The molecule has 0 unspecified atom stereocenters. The van der Waals surface area contributed by atoms with Crippen molar-refractivity contribution in [2.24, 2.45) is 0 Å². The van der Waals surface area contributed by atoms with Crippen molar-refractivity contribution in [1.29, 1.82) is 0 Å². The number of rotatable bonds is 4. The molecule has 0 aromatic heterocycles. The maximum absolute atomic E-state index is 12.7. The van der Waals surface area contributed by atoms with Gasteiger partial charge in [0.25, 0.3) is 11.6 Å². The van der Waals surface area contributed by atoms with E-state index in [-0.39, 0.29) is 42.7 Å². The molecule has 1 fully saturated rings. The second-order valence-electron chi connectivity index (χ2n) is 5.95. The lowest BCUT2D eigenvalue weighted by Crippen LogP contribution is -2.50. The first-order valence-electron chi connectivity index (χ1n) is 8.08. The first-order valence-corrected chi connectivity index (χ1v) is 9.90. The highest BCUT2D eigenvalue weighted by molar-refractivity contribution is 7.89. The van der Waals surface area contributed by atoms with Crippen LogP contribution in [0.3, 0.4) is 0 Å². The van der Waals surface area contributed by atoms with Crippen LogP contribution in [0.15, 0.2) is 53.4 Å². The van der Waals surface area contributed by atoms with Crippen LogP contribution in [0.1, 0.15) is 10.4 Å². The maximum Gasteiger partial charge on any atom is 0.269 e.